The SMILES string of the molecule is CNC(=O)c1cccc(CNc2ncc(-c3ccncc3)c3c2CCO3)c1. The van der Waals surface area contributed by atoms with Gasteiger partial charge in [-0.05, 0) is 35.4 Å². The van der Waals surface area contributed by atoms with E-state index in [1.807, 2.05) is 36.5 Å². The molecule has 2 N–H and O–H groups in total. The lowest BCUT2D eigenvalue weighted by atomic mass is 10.0. The van der Waals surface area contributed by atoms with Crippen LogP contribution in [0.2, 0.25) is 0 Å². The van der Waals surface area contributed by atoms with Gasteiger partial charge in [0, 0.05) is 55.3 Å². The number of nitrogens with one attached hydrogen (secondary N) is 2. The molecule has 0 atom stereocenters. The topological polar surface area (TPSA) is 76.1 Å². The Morgan fingerprint density at radius 3 is 2.89 bits per heavy atom. The largest absolute Gasteiger partial charge is 0.492 e. The smallest absolute Gasteiger partial charge is 0.251 e. The number of amides is 1. The average molecular weight is 360 g/mol. The second-order valence-electron chi connectivity index (χ2n) is 6.30. The van der Waals surface area contributed by atoms with Gasteiger partial charge in [0.25, 0.3) is 5.91 Å². The highest BCUT2D eigenvalue weighted by atomic mass is 16.5. The van der Waals surface area contributed by atoms with Crippen molar-refractivity contribution in [2.24, 2.45) is 0 Å². The number of carbonyl (C=O) groups excluding carboxylic acids is 1. The quantitative estimate of drug-likeness (QED) is 0.731. The van der Waals surface area contributed by atoms with E-state index >= 15 is 0 Å². The van der Waals surface area contributed by atoms with Crippen molar-refractivity contribution >= 4 is 11.7 Å². The number of pyridine rings is 2. The number of carbonyl (C=O) groups is 1. The molecule has 1 aliphatic heterocycles. The molecule has 0 aliphatic carbocycles. The van der Waals surface area contributed by atoms with Gasteiger partial charge in [0.15, 0.2) is 0 Å². The molecule has 2 aromatic heterocycles. The molecular formula is C21H20N4O2. The molecule has 136 valence electrons. The standard InChI is InChI=1S/C21H20N4O2/c1-22-21(26)16-4-2-3-14(11-16)12-24-20-17-7-10-27-19(17)18(13-25-20)15-5-8-23-9-6-15/h2-6,8-9,11,13H,7,10,12H2,1H3,(H,22,26)(H,24,25). The van der Waals surface area contributed by atoms with Crippen molar-refractivity contribution in [2.75, 3.05) is 19.0 Å². The van der Waals surface area contributed by atoms with Gasteiger partial charge in [-0.3, -0.25) is 9.78 Å². The van der Waals surface area contributed by atoms with Crippen LogP contribution in [0.25, 0.3) is 11.1 Å². The van der Waals surface area contributed by atoms with Crippen molar-refractivity contribution in [3.63, 3.8) is 0 Å². The number of fused-ring (bicyclic) bond motifs is 1. The highest BCUT2D eigenvalue weighted by molar-refractivity contribution is 5.94. The maximum absolute atomic E-state index is 11.8. The molecule has 4 rings (SSSR count). The molecule has 0 fully saturated rings. The number of nitrogens with zero attached hydrogens (tertiary/aromatic N) is 2. The summed E-state index contributed by atoms with van der Waals surface area (Å²) in [5.41, 5.74) is 4.78. The summed E-state index contributed by atoms with van der Waals surface area (Å²) in [5, 5.41) is 6.03. The number of hydrogen-bond acceptors (Lipinski definition) is 5. The van der Waals surface area contributed by atoms with Crippen LogP contribution in [-0.4, -0.2) is 29.5 Å². The fourth-order valence-electron chi connectivity index (χ4n) is 3.23. The van der Waals surface area contributed by atoms with E-state index in [0.717, 1.165) is 40.2 Å². The fourth-order valence-corrected chi connectivity index (χ4v) is 3.23. The first kappa shape index (κ1) is 17.0. The van der Waals surface area contributed by atoms with Crippen LogP contribution in [-0.2, 0) is 13.0 Å². The Kier molecular flexibility index (Phi) is 4.70. The lowest BCUT2D eigenvalue weighted by Gasteiger charge is -2.13. The summed E-state index contributed by atoms with van der Waals surface area (Å²) >= 11 is 0. The van der Waals surface area contributed by atoms with Crippen molar-refractivity contribution in [1.29, 1.82) is 0 Å². The molecule has 27 heavy (non-hydrogen) atoms. The number of aromatic nitrogens is 2. The molecule has 0 saturated carbocycles. The van der Waals surface area contributed by atoms with Gasteiger partial charge in [0.05, 0.1) is 6.61 Å². The highest BCUT2D eigenvalue weighted by Crippen LogP contribution is 2.39. The van der Waals surface area contributed by atoms with Crippen molar-refractivity contribution in [1.82, 2.24) is 15.3 Å². The molecule has 0 spiro atoms. The van der Waals surface area contributed by atoms with Crippen molar-refractivity contribution in [3.05, 3.63) is 71.7 Å². The van der Waals surface area contributed by atoms with Crippen LogP contribution in [0.3, 0.4) is 0 Å². The zero-order valence-electron chi connectivity index (χ0n) is 15.0. The normalized spacial score (nSPS) is 12.2. The predicted octanol–water partition coefficient (Wildman–Crippen LogP) is 3.05. The van der Waals surface area contributed by atoms with E-state index in [1.165, 1.54) is 0 Å². The molecule has 1 amide bonds. The molecule has 0 unspecified atom stereocenters. The van der Waals surface area contributed by atoms with Gasteiger partial charge in [-0.25, -0.2) is 4.98 Å². The summed E-state index contributed by atoms with van der Waals surface area (Å²) in [4.78, 5) is 20.5. The van der Waals surface area contributed by atoms with Gasteiger partial charge < -0.3 is 15.4 Å². The highest BCUT2D eigenvalue weighted by Gasteiger charge is 2.22. The van der Waals surface area contributed by atoms with Crippen molar-refractivity contribution in [2.45, 2.75) is 13.0 Å². The second-order valence-corrected chi connectivity index (χ2v) is 6.30. The first-order valence-corrected chi connectivity index (χ1v) is 8.86. The monoisotopic (exact) mass is 360 g/mol. The van der Waals surface area contributed by atoms with Gasteiger partial charge in [0.1, 0.15) is 11.6 Å². The first-order chi connectivity index (χ1) is 13.3. The Morgan fingerprint density at radius 2 is 2.07 bits per heavy atom. The van der Waals surface area contributed by atoms with Gasteiger partial charge >= 0.3 is 0 Å². The van der Waals surface area contributed by atoms with E-state index in [4.69, 9.17) is 4.74 Å². The Morgan fingerprint density at radius 1 is 1.22 bits per heavy atom. The average Bonchev–Trinajstić information content (AvgIpc) is 3.22. The third-order valence-corrected chi connectivity index (χ3v) is 4.59. The summed E-state index contributed by atoms with van der Waals surface area (Å²) in [6.07, 6.45) is 6.19. The maximum Gasteiger partial charge on any atom is 0.251 e. The number of rotatable bonds is 5. The Hall–Kier alpha value is -3.41. The van der Waals surface area contributed by atoms with Crippen LogP contribution in [0, 0.1) is 0 Å². The van der Waals surface area contributed by atoms with Crippen molar-refractivity contribution in [3.8, 4) is 16.9 Å². The van der Waals surface area contributed by atoms with E-state index in [-0.39, 0.29) is 5.91 Å². The molecule has 1 aromatic carbocycles. The number of ether oxygens (including phenoxy) is 1. The first-order valence-electron chi connectivity index (χ1n) is 8.86. The molecule has 0 radical (unpaired) electrons. The summed E-state index contributed by atoms with van der Waals surface area (Å²) in [6, 6.07) is 11.5. The molecule has 0 bridgehead atoms. The molecule has 6 heteroatoms. The third kappa shape index (κ3) is 3.46. The van der Waals surface area contributed by atoms with E-state index in [0.29, 0.717) is 18.7 Å². The van der Waals surface area contributed by atoms with Gasteiger partial charge in [-0.2, -0.15) is 0 Å². The zero-order valence-corrected chi connectivity index (χ0v) is 15.0. The summed E-state index contributed by atoms with van der Waals surface area (Å²) in [5.74, 6) is 1.62. The van der Waals surface area contributed by atoms with E-state index in [1.54, 1.807) is 25.5 Å². The second kappa shape index (κ2) is 7.45. The fraction of sp³-hybridized carbons (Fsp3) is 0.190. The molecule has 3 heterocycles. The zero-order chi connectivity index (χ0) is 18.6. The van der Waals surface area contributed by atoms with E-state index < -0.39 is 0 Å². The Labute approximate surface area is 157 Å². The molecule has 1 aliphatic rings. The maximum atomic E-state index is 11.8. The van der Waals surface area contributed by atoms with E-state index in [2.05, 4.69) is 20.6 Å². The van der Waals surface area contributed by atoms with Crippen LogP contribution in [0.4, 0.5) is 5.82 Å². The molecule has 0 saturated heterocycles. The molecule has 3 aromatic rings. The minimum Gasteiger partial charge on any atom is -0.492 e. The van der Waals surface area contributed by atoms with Crippen LogP contribution >= 0.6 is 0 Å². The molecular weight excluding hydrogens is 340 g/mol. The summed E-state index contributed by atoms with van der Waals surface area (Å²) < 4.78 is 5.89. The Bertz CT molecular complexity index is 973. The Balaban J connectivity index is 1.57. The number of anilines is 1. The van der Waals surface area contributed by atoms with Crippen LogP contribution < -0.4 is 15.4 Å². The van der Waals surface area contributed by atoms with Gasteiger partial charge in [-0.1, -0.05) is 12.1 Å². The van der Waals surface area contributed by atoms with Gasteiger partial charge in [-0.15, -0.1) is 0 Å². The van der Waals surface area contributed by atoms with E-state index in [9.17, 15) is 4.79 Å². The molecule has 6 nitrogen and oxygen atoms in total. The van der Waals surface area contributed by atoms with Gasteiger partial charge in [0.2, 0.25) is 0 Å². The minimum atomic E-state index is -0.0917. The lowest BCUT2D eigenvalue weighted by molar-refractivity contribution is 0.0963. The lowest BCUT2D eigenvalue weighted by Crippen LogP contribution is -2.18. The number of hydrogen-bond donors (Lipinski definition) is 2. The number of benzene rings is 1. The van der Waals surface area contributed by atoms with Crippen LogP contribution in [0.5, 0.6) is 5.75 Å². The summed E-state index contributed by atoms with van der Waals surface area (Å²) in [6.45, 7) is 1.23. The summed E-state index contributed by atoms with van der Waals surface area (Å²) in [7, 11) is 1.63. The van der Waals surface area contributed by atoms with Crippen LogP contribution in [0.1, 0.15) is 21.5 Å². The third-order valence-electron chi connectivity index (χ3n) is 4.59. The minimum absolute atomic E-state index is 0.0917. The van der Waals surface area contributed by atoms with Crippen molar-refractivity contribution < 1.29 is 9.53 Å². The van der Waals surface area contributed by atoms with Crippen LogP contribution in [0.15, 0.2) is 55.0 Å². The predicted molar refractivity (Wildman–Crippen MR) is 104 cm³/mol.